The van der Waals surface area contributed by atoms with Crippen LogP contribution in [0.15, 0.2) is 24.4 Å². The number of carbonyl (C=O) groups is 1. The average Bonchev–Trinajstić information content (AvgIpc) is 2.69. The third-order valence-corrected chi connectivity index (χ3v) is 6.48. The number of hydrogen-bond acceptors (Lipinski definition) is 4. The highest BCUT2D eigenvalue weighted by Gasteiger charge is 2.41. The molecule has 0 radical (unpaired) electrons. The molecule has 3 saturated heterocycles. The molecule has 4 rings (SSSR count). The predicted molar refractivity (Wildman–Crippen MR) is 101 cm³/mol. The van der Waals surface area contributed by atoms with Crippen molar-refractivity contribution in [3.05, 3.63) is 30.1 Å². The molecule has 0 unspecified atom stereocenters. The maximum absolute atomic E-state index is 12.4. The third kappa shape index (κ3) is 4.26. The predicted octanol–water partition coefficient (Wildman–Crippen LogP) is 2.86. The molecule has 142 valence electrons. The third-order valence-electron chi connectivity index (χ3n) is 6.48. The molecule has 1 atom stereocenters. The van der Waals surface area contributed by atoms with Gasteiger partial charge in [-0.05, 0) is 69.2 Å². The fourth-order valence-corrected chi connectivity index (χ4v) is 4.79. The van der Waals surface area contributed by atoms with Crippen LogP contribution in [0.5, 0.6) is 0 Å². The van der Waals surface area contributed by atoms with Crippen molar-refractivity contribution in [3.8, 4) is 0 Å². The van der Waals surface area contributed by atoms with Gasteiger partial charge in [0.2, 0.25) is 5.91 Å². The summed E-state index contributed by atoms with van der Waals surface area (Å²) in [6.07, 6.45) is 10.1. The van der Waals surface area contributed by atoms with Crippen LogP contribution >= 0.6 is 0 Å². The summed E-state index contributed by atoms with van der Waals surface area (Å²) in [7, 11) is 0. The standard InChI is InChI=1S/C21H31N3O2/c25-20-7-8-21(17-24(20)15-18-5-1-3-11-22-18)9-12-23(13-10-21)16-19-6-2-4-14-26-19/h1,3,5,11,19H,2,4,6-10,12-17H2/t19-/m1/s1. The highest BCUT2D eigenvalue weighted by Crippen LogP contribution is 2.40. The molecule has 3 aliphatic heterocycles. The maximum atomic E-state index is 12.4. The first-order valence-corrected chi connectivity index (χ1v) is 10.2. The van der Waals surface area contributed by atoms with Gasteiger partial charge in [0, 0.05) is 32.3 Å². The first-order chi connectivity index (χ1) is 12.7. The van der Waals surface area contributed by atoms with E-state index in [1.807, 2.05) is 29.3 Å². The van der Waals surface area contributed by atoms with Crippen LogP contribution in [0.4, 0.5) is 0 Å². The van der Waals surface area contributed by atoms with Crippen molar-refractivity contribution in [2.45, 2.75) is 57.6 Å². The average molecular weight is 357 g/mol. The Kier molecular flexibility index (Phi) is 5.55. The molecule has 0 aliphatic carbocycles. The molecule has 0 saturated carbocycles. The number of piperidine rings is 2. The molecule has 1 amide bonds. The number of likely N-dealkylation sites (tertiary alicyclic amines) is 2. The fraction of sp³-hybridized carbons (Fsp3) is 0.714. The molecule has 1 aromatic rings. The first-order valence-electron chi connectivity index (χ1n) is 10.2. The van der Waals surface area contributed by atoms with Gasteiger partial charge in [0.05, 0.1) is 18.3 Å². The molecular weight excluding hydrogens is 326 g/mol. The number of ether oxygens (including phenoxy) is 1. The van der Waals surface area contributed by atoms with Crippen LogP contribution in [-0.4, -0.2) is 59.6 Å². The second kappa shape index (κ2) is 8.05. The summed E-state index contributed by atoms with van der Waals surface area (Å²) < 4.78 is 5.91. The van der Waals surface area contributed by atoms with Crippen LogP contribution in [0.3, 0.4) is 0 Å². The van der Waals surface area contributed by atoms with Gasteiger partial charge in [-0.25, -0.2) is 0 Å². The number of nitrogens with zero attached hydrogens (tertiary/aromatic N) is 3. The highest BCUT2D eigenvalue weighted by atomic mass is 16.5. The summed E-state index contributed by atoms with van der Waals surface area (Å²) in [6.45, 7) is 5.87. The van der Waals surface area contributed by atoms with Crippen molar-refractivity contribution < 1.29 is 9.53 Å². The zero-order chi connectivity index (χ0) is 17.8. The van der Waals surface area contributed by atoms with Gasteiger partial charge in [0.15, 0.2) is 0 Å². The normalized spacial score (nSPS) is 27.0. The fourth-order valence-electron chi connectivity index (χ4n) is 4.79. The summed E-state index contributed by atoms with van der Waals surface area (Å²) in [5.41, 5.74) is 1.30. The Morgan fingerprint density at radius 1 is 1.19 bits per heavy atom. The van der Waals surface area contributed by atoms with Crippen molar-refractivity contribution in [3.63, 3.8) is 0 Å². The van der Waals surface area contributed by atoms with Gasteiger partial charge in [-0.1, -0.05) is 6.07 Å². The molecule has 3 fully saturated rings. The van der Waals surface area contributed by atoms with E-state index in [4.69, 9.17) is 4.74 Å². The van der Waals surface area contributed by atoms with E-state index in [1.165, 1.54) is 32.1 Å². The molecule has 0 aromatic carbocycles. The van der Waals surface area contributed by atoms with Crippen LogP contribution in [-0.2, 0) is 16.1 Å². The molecule has 26 heavy (non-hydrogen) atoms. The molecular formula is C21H31N3O2. The van der Waals surface area contributed by atoms with E-state index in [0.29, 0.717) is 30.4 Å². The minimum Gasteiger partial charge on any atom is -0.377 e. The van der Waals surface area contributed by atoms with E-state index in [2.05, 4.69) is 9.88 Å². The second-order valence-electron chi connectivity index (χ2n) is 8.36. The van der Waals surface area contributed by atoms with Gasteiger partial charge < -0.3 is 14.5 Å². The van der Waals surface area contributed by atoms with Gasteiger partial charge in [-0.3, -0.25) is 9.78 Å². The summed E-state index contributed by atoms with van der Waals surface area (Å²) in [5, 5.41) is 0. The molecule has 0 bridgehead atoms. The SMILES string of the molecule is O=C1CCC2(CCN(C[C@H]3CCCCO3)CC2)CN1Cc1ccccn1. The Bertz CT molecular complexity index is 593. The minimum atomic E-state index is 0.291. The number of amides is 1. The van der Waals surface area contributed by atoms with E-state index >= 15 is 0 Å². The second-order valence-corrected chi connectivity index (χ2v) is 8.36. The topological polar surface area (TPSA) is 45.7 Å². The number of carbonyl (C=O) groups excluding carboxylic acids is 1. The van der Waals surface area contributed by atoms with Crippen LogP contribution < -0.4 is 0 Å². The lowest BCUT2D eigenvalue weighted by atomic mass is 9.72. The smallest absolute Gasteiger partial charge is 0.222 e. The number of rotatable bonds is 4. The van der Waals surface area contributed by atoms with Gasteiger partial charge in [0.25, 0.3) is 0 Å². The highest BCUT2D eigenvalue weighted by molar-refractivity contribution is 5.77. The number of aromatic nitrogens is 1. The maximum Gasteiger partial charge on any atom is 0.222 e. The minimum absolute atomic E-state index is 0.291. The van der Waals surface area contributed by atoms with Crippen LogP contribution in [0.1, 0.15) is 50.6 Å². The summed E-state index contributed by atoms with van der Waals surface area (Å²) >= 11 is 0. The van der Waals surface area contributed by atoms with Crippen molar-refractivity contribution in [1.82, 2.24) is 14.8 Å². The lowest BCUT2D eigenvalue weighted by Gasteiger charge is -2.48. The monoisotopic (exact) mass is 357 g/mol. The molecule has 5 nitrogen and oxygen atoms in total. The van der Waals surface area contributed by atoms with E-state index < -0.39 is 0 Å². The molecule has 5 heteroatoms. The summed E-state index contributed by atoms with van der Waals surface area (Å²) in [6, 6.07) is 5.94. The molecule has 3 aliphatic rings. The van der Waals surface area contributed by atoms with E-state index in [-0.39, 0.29) is 0 Å². The Morgan fingerprint density at radius 2 is 2.08 bits per heavy atom. The van der Waals surface area contributed by atoms with Gasteiger partial charge in [0.1, 0.15) is 0 Å². The zero-order valence-corrected chi connectivity index (χ0v) is 15.7. The zero-order valence-electron chi connectivity index (χ0n) is 15.7. The Morgan fingerprint density at radius 3 is 2.81 bits per heavy atom. The van der Waals surface area contributed by atoms with Crippen LogP contribution in [0.2, 0.25) is 0 Å². The summed E-state index contributed by atoms with van der Waals surface area (Å²) in [5.74, 6) is 0.291. The Hall–Kier alpha value is -1.46. The van der Waals surface area contributed by atoms with Crippen molar-refractivity contribution in [1.29, 1.82) is 0 Å². The molecule has 0 N–H and O–H groups in total. The van der Waals surface area contributed by atoms with E-state index in [1.54, 1.807) is 0 Å². The van der Waals surface area contributed by atoms with Crippen LogP contribution in [0.25, 0.3) is 0 Å². The summed E-state index contributed by atoms with van der Waals surface area (Å²) in [4.78, 5) is 21.5. The number of pyridine rings is 1. The van der Waals surface area contributed by atoms with Crippen molar-refractivity contribution >= 4 is 5.91 Å². The first kappa shape index (κ1) is 17.9. The number of hydrogen-bond donors (Lipinski definition) is 0. The van der Waals surface area contributed by atoms with Crippen molar-refractivity contribution in [2.24, 2.45) is 5.41 Å². The van der Waals surface area contributed by atoms with E-state index in [9.17, 15) is 4.79 Å². The molecule has 4 heterocycles. The van der Waals surface area contributed by atoms with E-state index in [0.717, 1.165) is 44.9 Å². The quantitative estimate of drug-likeness (QED) is 0.831. The molecule has 1 aromatic heterocycles. The Labute approximate surface area is 156 Å². The van der Waals surface area contributed by atoms with Gasteiger partial charge in [-0.15, -0.1) is 0 Å². The van der Waals surface area contributed by atoms with Gasteiger partial charge in [-0.2, -0.15) is 0 Å². The largest absolute Gasteiger partial charge is 0.377 e. The Balaban J connectivity index is 1.32. The lowest BCUT2D eigenvalue weighted by molar-refractivity contribution is -0.140. The molecule has 1 spiro atoms. The van der Waals surface area contributed by atoms with Crippen LogP contribution in [0, 0.1) is 5.41 Å². The van der Waals surface area contributed by atoms with Gasteiger partial charge >= 0.3 is 0 Å². The van der Waals surface area contributed by atoms with Crippen molar-refractivity contribution in [2.75, 3.05) is 32.8 Å². The lowest BCUT2D eigenvalue weighted by Crippen LogP contribution is -2.52.